The fourth-order valence-corrected chi connectivity index (χ4v) is 4.31. The van der Waals surface area contributed by atoms with Crippen LogP contribution in [0.5, 0.6) is 0 Å². The Balaban J connectivity index is 2.29. The standard InChI is InChI=1S/C16H20NP/c1-3-14(2)17-18(15-10-6-4-7-11-15)16-12-8-5-9-13-16/h4-14,17H,3H2,1-2H3/p+1. The molecule has 2 rings (SSSR count). The zero-order chi connectivity index (χ0) is 12.8. The van der Waals surface area contributed by atoms with Gasteiger partial charge in [-0.05, 0) is 37.6 Å². The quantitative estimate of drug-likeness (QED) is 0.812. The van der Waals surface area contributed by atoms with E-state index in [-0.39, 0.29) is 0 Å². The van der Waals surface area contributed by atoms with Crippen LogP contribution in [0.1, 0.15) is 20.3 Å². The van der Waals surface area contributed by atoms with E-state index in [0.717, 1.165) is 6.42 Å². The lowest BCUT2D eigenvalue weighted by atomic mass is 10.3. The van der Waals surface area contributed by atoms with Gasteiger partial charge in [0.2, 0.25) is 0 Å². The van der Waals surface area contributed by atoms with Crippen molar-refractivity contribution in [3.63, 3.8) is 0 Å². The zero-order valence-corrected chi connectivity index (χ0v) is 12.1. The Hall–Kier alpha value is -1.17. The van der Waals surface area contributed by atoms with Crippen molar-refractivity contribution in [3.05, 3.63) is 60.7 Å². The van der Waals surface area contributed by atoms with E-state index >= 15 is 0 Å². The van der Waals surface area contributed by atoms with Gasteiger partial charge in [0.05, 0.1) is 0 Å². The monoisotopic (exact) mass is 258 g/mol. The Labute approximate surface area is 111 Å². The first kappa shape index (κ1) is 13.3. The Morgan fingerprint density at radius 2 is 1.33 bits per heavy atom. The molecule has 0 bridgehead atoms. The zero-order valence-electron chi connectivity index (χ0n) is 11.1. The molecule has 18 heavy (non-hydrogen) atoms. The highest BCUT2D eigenvalue weighted by molar-refractivity contribution is 7.71. The van der Waals surface area contributed by atoms with E-state index in [1.54, 1.807) is 0 Å². The molecule has 1 N–H and O–H groups in total. The lowest BCUT2D eigenvalue weighted by Crippen LogP contribution is -2.29. The highest BCUT2D eigenvalue weighted by atomic mass is 31.1. The van der Waals surface area contributed by atoms with E-state index in [1.165, 1.54) is 10.6 Å². The van der Waals surface area contributed by atoms with Gasteiger partial charge < -0.3 is 0 Å². The molecule has 0 heterocycles. The smallest absolute Gasteiger partial charge is 0.132 e. The van der Waals surface area contributed by atoms with Crippen LogP contribution in [-0.2, 0) is 0 Å². The van der Waals surface area contributed by atoms with Crippen LogP contribution < -0.4 is 15.7 Å². The minimum absolute atomic E-state index is 0.555. The maximum atomic E-state index is 3.80. The summed E-state index contributed by atoms with van der Waals surface area (Å²) in [6, 6.07) is 22.2. The van der Waals surface area contributed by atoms with Crippen molar-refractivity contribution in [2.75, 3.05) is 0 Å². The van der Waals surface area contributed by atoms with E-state index < -0.39 is 8.07 Å². The molecule has 0 radical (unpaired) electrons. The Morgan fingerprint density at radius 1 is 0.889 bits per heavy atom. The topological polar surface area (TPSA) is 12.0 Å². The molecule has 0 fully saturated rings. The molecule has 0 aliphatic carbocycles. The maximum Gasteiger partial charge on any atom is 0.132 e. The number of benzene rings is 2. The molecule has 0 saturated carbocycles. The van der Waals surface area contributed by atoms with Crippen molar-refractivity contribution in [1.29, 1.82) is 0 Å². The summed E-state index contributed by atoms with van der Waals surface area (Å²) in [7, 11) is -0.861. The van der Waals surface area contributed by atoms with Crippen LogP contribution in [0.25, 0.3) is 0 Å². The van der Waals surface area contributed by atoms with Gasteiger partial charge in [-0.25, -0.2) is 0 Å². The van der Waals surface area contributed by atoms with E-state index in [0.29, 0.717) is 6.04 Å². The largest absolute Gasteiger partial charge is 0.182 e. The number of hydrogen-bond donors (Lipinski definition) is 1. The number of nitrogens with one attached hydrogen (secondary N) is 1. The van der Waals surface area contributed by atoms with Gasteiger partial charge in [-0.1, -0.05) is 43.3 Å². The van der Waals surface area contributed by atoms with Gasteiger partial charge in [-0.3, -0.25) is 0 Å². The Kier molecular flexibility index (Phi) is 4.92. The first-order chi connectivity index (χ1) is 8.81. The van der Waals surface area contributed by atoms with Gasteiger partial charge in [0.15, 0.2) is 0 Å². The average molecular weight is 258 g/mol. The summed E-state index contributed by atoms with van der Waals surface area (Å²) in [5.74, 6) is 0. The summed E-state index contributed by atoms with van der Waals surface area (Å²) < 4.78 is 0. The third-order valence-corrected chi connectivity index (χ3v) is 5.73. The molecule has 1 unspecified atom stereocenters. The van der Waals surface area contributed by atoms with Gasteiger partial charge in [-0.2, -0.15) is 5.09 Å². The minimum atomic E-state index is -0.861. The molecule has 1 atom stereocenters. The summed E-state index contributed by atoms with van der Waals surface area (Å²) in [6.45, 7) is 4.49. The van der Waals surface area contributed by atoms with Crippen molar-refractivity contribution >= 4 is 18.7 Å². The van der Waals surface area contributed by atoms with Gasteiger partial charge in [0.25, 0.3) is 0 Å². The highest BCUT2D eigenvalue weighted by Gasteiger charge is 2.23. The fourth-order valence-electron chi connectivity index (χ4n) is 1.89. The van der Waals surface area contributed by atoms with Crippen molar-refractivity contribution < 1.29 is 0 Å². The Morgan fingerprint density at radius 3 is 1.72 bits per heavy atom. The fraction of sp³-hybridized carbons (Fsp3) is 0.250. The predicted molar refractivity (Wildman–Crippen MR) is 83.4 cm³/mol. The van der Waals surface area contributed by atoms with Crippen molar-refractivity contribution in [3.8, 4) is 0 Å². The van der Waals surface area contributed by atoms with Crippen LogP contribution in [0.15, 0.2) is 60.7 Å². The third kappa shape index (κ3) is 3.41. The summed E-state index contributed by atoms with van der Waals surface area (Å²) in [6.07, 6.45) is 1.16. The van der Waals surface area contributed by atoms with Crippen LogP contribution in [0.2, 0.25) is 0 Å². The summed E-state index contributed by atoms with van der Waals surface area (Å²) in [4.78, 5) is 0. The van der Waals surface area contributed by atoms with Gasteiger partial charge in [0.1, 0.15) is 18.7 Å². The Bertz CT molecular complexity index is 416. The van der Waals surface area contributed by atoms with Gasteiger partial charge in [-0.15, -0.1) is 0 Å². The molecule has 0 aliphatic rings. The third-order valence-electron chi connectivity index (χ3n) is 3.13. The molecule has 0 aliphatic heterocycles. The summed E-state index contributed by atoms with van der Waals surface area (Å²) >= 11 is 0. The molecule has 2 aromatic rings. The second-order valence-electron chi connectivity index (χ2n) is 4.56. The van der Waals surface area contributed by atoms with E-state index in [2.05, 4.69) is 79.6 Å². The summed E-state index contributed by atoms with van der Waals surface area (Å²) in [5, 5.41) is 6.65. The predicted octanol–water partition coefficient (Wildman–Crippen LogP) is 3.15. The lowest BCUT2D eigenvalue weighted by Gasteiger charge is -2.15. The lowest BCUT2D eigenvalue weighted by molar-refractivity contribution is 0.664. The van der Waals surface area contributed by atoms with Crippen LogP contribution in [0, 0.1) is 0 Å². The van der Waals surface area contributed by atoms with Crippen molar-refractivity contribution in [1.82, 2.24) is 5.09 Å². The number of rotatable bonds is 5. The maximum absolute atomic E-state index is 3.80. The molecule has 2 heteroatoms. The molecule has 0 aromatic heterocycles. The van der Waals surface area contributed by atoms with E-state index in [1.807, 2.05) is 0 Å². The molecule has 94 valence electrons. The summed E-state index contributed by atoms with van der Waals surface area (Å²) in [5.41, 5.74) is 0. The van der Waals surface area contributed by atoms with Gasteiger partial charge >= 0.3 is 0 Å². The van der Waals surface area contributed by atoms with Crippen molar-refractivity contribution in [2.24, 2.45) is 0 Å². The molecule has 0 spiro atoms. The SMILES string of the molecule is CCC(C)N[PH+](c1ccccc1)c1ccccc1. The van der Waals surface area contributed by atoms with E-state index in [9.17, 15) is 0 Å². The normalized spacial score (nSPS) is 12.6. The van der Waals surface area contributed by atoms with E-state index in [4.69, 9.17) is 0 Å². The number of hydrogen-bond acceptors (Lipinski definition) is 1. The average Bonchev–Trinajstić information content (AvgIpc) is 2.46. The van der Waals surface area contributed by atoms with Crippen LogP contribution in [-0.4, -0.2) is 6.04 Å². The van der Waals surface area contributed by atoms with Crippen molar-refractivity contribution in [2.45, 2.75) is 26.3 Å². The molecule has 0 amide bonds. The molecular weight excluding hydrogens is 237 g/mol. The molecule has 0 saturated heterocycles. The minimum Gasteiger partial charge on any atom is -0.182 e. The second kappa shape index (κ2) is 6.68. The van der Waals surface area contributed by atoms with Crippen LogP contribution >= 0.6 is 8.07 Å². The molecule has 1 nitrogen and oxygen atoms in total. The molecular formula is C16H21NP+. The first-order valence-electron chi connectivity index (χ1n) is 6.55. The highest BCUT2D eigenvalue weighted by Crippen LogP contribution is 2.29. The molecule has 2 aromatic carbocycles. The first-order valence-corrected chi connectivity index (χ1v) is 8.05. The second-order valence-corrected chi connectivity index (χ2v) is 6.75. The van der Waals surface area contributed by atoms with Crippen LogP contribution in [0.4, 0.5) is 0 Å². The van der Waals surface area contributed by atoms with Crippen LogP contribution in [0.3, 0.4) is 0 Å². The van der Waals surface area contributed by atoms with Gasteiger partial charge in [0, 0.05) is 6.04 Å².